The average molecular weight is 367 g/mol. The molecule has 0 bridgehead atoms. The van der Waals surface area contributed by atoms with Gasteiger partial charge in [-0.25, -0.2) is 9.67 Å². The SMILES string of the molecule is CN(Cn1[nH]c(C(C)(C)C)nc1=S)C(c1ccccc1)c1ccccc1. The van der Waals surface area contributed by atoms with Crippen molar-refractivity contribution >= 4 is 12.2 Å². The van der Waals surface area contributed by atoms with Crippen LogP contribution in [0.5, 0.6) is 0 Å². The lowest BCUT2D eigenvalue weighted by Gasteiger charge is -2.29. The molecule has 2 aromatic carbocycles. The minimum absolute atomic E-state index is 0.0599. The summed E-state index contributed by atoms with van der Waals surface area (Å²) in [5.41, 5.74) is 2.45. The molecule has 0 radical (unpaired) electrons. The third-order valence-electron chi connectivity index (χ3n) is 4.43. The molecule has 0 aliphatic heterocycles. The van der Waals surface area contributed by atoms with Gasteiger partial charge >= 0.3 is 0 Å². The number of aromatic nitrogens is 3. The smallest absolute Gasteiger partial charge is 0.217 e. The van der Waals surface area contributed by atoms with Crippen molar-refractivity contribution < 1.29 is 0 Å². The Morgan fingerprint density at radius 3 is 1.92 bits per heavy atom. The number of H-pyrrole nitrogens is 1. The van der Waals surface area contributed by atoms with Gasteiger partial charge in [0.25, 0.3) is 0 Å². The molecule has 136 valence electrons. The van der Waals surface area contributed by atoms with Gasteiger partial charge in [-0.15, -0.1) is 0 Å². The van der Waals surface area contributed by atoms with Gasteiger partial charge in [-0.2, -0.15) is 0 Å². The van der Waals surface area contributed by atoms with Gasteiger partial charge in [0.2, 0.25) is 4.77 Å². The summed E-state index contributed by atoms with van der Waals surface area (Å²) >= 11 is 5.47. The number of hydrogen-bond acceptors (Lipinski definition) is 3. The summed E-state index contributed by atoms with van der Waals surface area (Å²) in [6, 6.07) is 21.2. The third-order valence-corrected chi connectivity index (χ3v) is 4.74. The minimum atomic E-state index is -0.0599. The Morgan fingerprint density at radius 2 is 1.50 bits per heavy atom. The van der Waals surface area contributed by atoms with Gasteiger partial charge in [0, 0.05) is 5.41 Å². The molecular formula is C21H26N4S. The van der Waals surface area contributed by atoms with Crippen molar-refractivity contribution in [2.24, 2.45) is 0 Å². The molecule has 5 heteroatoms. The van der Waals surface area contributed by atoms with Gasteiger partial charge in [0.15, 0.2) is 0 Å². The molecule has 26 heavy (non-hydrogen) atoms. The Kier molecular flexibility index (Phi) is 5.39. The van der Waals surface area contributed by atoms with E-state index in [4.69, 9.17) is 12.2 Å². The second-order valence-corrected chi connectivity index (χ2v) is 8.02. The molecule has 1 heterocycles. The molecule has 0 fully saturated rings. The van der Waals surface area contributed by atoms with E-state index in [9.17, 15) is 0 Å². The van der Waals surface area contributed by atoms with Crippen molar-refractivity contribution in [2.75, 3.05) is 7.05 Å². The normalized spacial score (nSPS) is 12.1. The highest BCUT2D eigenvalue weighted by Crippen LogP contribution is 2.28. The Morgan fingerprint density at radius 1 is 1.00 bits per heavy atom. The molecule has 0 atom stereocenters. The van der Waals surface area contributed by atoms with Gasteiger partial charge in [-0.05, 0) is 30.4 Å². The van der Waals surface area contributed by atoms with E-state index in [0.29, 0.717) is 11.4 Å². The van der Waals surface area contributed by atoms with E-state index in [1.165, 1.54) is 11.1 Å². The quantitative estimate of drug-likeness (QED) is 0.651. The van der Waals surface area contributed by atoms with Crippen LogP contribution >= 0.6 is 12.2 Å². The highest BCUT2D eigenvalue weighted by molar-refractivity contribution is 7.71. The first-order valence-corrected chi connectivity index (χ1v) is 9.24. The summed E-state index contributed by atoms with van der Waals surface area (Å²) in [5, 5.41) is 3.37. The third kappa shape index (κ3) is 4.11. The molecule has 3 rings (SSSR count). The molecule has 0 amide bonds. The zero-order valence-corrected chi connectivity index (χ0v) is 16.6. The molecule has 4 nitrogen and oxygen atoms in total. The summed E-state index contributed by atoms with van der Waals surface area (Å²) in [6.45, 7) is 7.03. The number of rotatable bonds is 5. The topological polar surface area (TPSA) is 36.9 Å². The minimum Gasteiger partial charge on any atom is -0.281 e. The second-order valence-electron chi connectivity index (χ2n) is 7.66. The monoisotopic (exact) mass is 366 g/mol. The van der Waals surface area contributed by atoms with Crippen LogP contribution in [0.4, 0.5) is 0 Å². The van der Waals surface area contributed by atoms with Gasteiger partial charge < -0.3 is 0 Å². The highest BCUT2D eigenvalue weighted by Gasteiger charge is 2.22. The maximum absolute atomic E-state index is 5.47. The molecule has 0 saturated heterocycles. The van der Waals surface area contributed by atoms with E-state index in [-0.39, 0.29) is 11.5 Å². The number of nitrogens with one attached hydrogen (secondary N) is 1. The zero-order valence-electron chi connectivity index (χ0n) is 15.8. The number of nitrogens with zero attached hydrogens (tertiary/aromatic N) is 3. The second kappa shape index (κ2) is 7.56. The van der Waals surface area contributed by atoms with Gasteiger partial charge in [0.05, 0.1) is 12.7 Å². The average Bonchev–Trinajstić information content (AvgIpc) is 2.98. The molecule has 0 aliphatic carbocycles. The summed E-state index contributed by atoms with van der Waals surface area (Å²) in [6.07, 6.45) is 0. The summed E-state index contributed by atoms with van der Waals surface area (Å²) in [4.78, 5) is 6.82. The molecule has 0 saturated carbocycles. The predicted octanol–water partition coefficient (Wildman–Crippen LogP) is 4.92. The van der Waals surface area contributed by atoms with Gasteiger partial charge in [-0.1, -0.05) is 81.4 Å². The number of hydrogen-bond donors (Lipinski definition) is 1. The zero-order chi connectivity index (χ0) is 18.7. The molecule has 3 aromatic rings. The maximum Gasteiger partial charge on any atom is 0.217 e. The molecule has 1 N–H and O–H groups in total. The Labute approximate surface area is 160 Å². The van der Waals surface area contributed by atoms with E-state index in [2.05, 4.69) is 91.3 Å². The standard InChI is InChI=1S/C21H26N4S/c1-21(2,3)19-22-20(26)25(23-19)15-24(4)18(16-11-7-5-8-12-16)17-13-9-6-10-14-17/h5-14,18H,15H2,1-4H3,(H,22,23,26). The molecule has 0 unspecified atom stereocenters. The van der Waals surface area contributed by atoms with Crippen molar-refractivity contribution in [1.29, 1.82) is 0 Å². The van der Waals surface area contributed by atoms with Crippen LogP contribution in [0.15, 0.2) is 60.7 Å². The van der Waals surface area contributed by atoms with E-state index in [1.807, 2.05) is 16.8 Å². The van der Waals surface area contributed by atoms with Gasteiger partial charge in [0.1, 0.15) is 5.82 Å². The van der Waals surface area contributed by atoms with Crippen LogP contribution in [0.25, 0.3) is 0 Å². The molecule has 0 aliphatic rings. The van der Waals surface area contributed by atoms with Gasteiger partial charge in [-0.3, -0.25) is 10.00 Å². The molecular weight excluding hydrogens is 340 g/mol. The molecule has 1 aromatic heterocycles. The van der Waals surface area contributed by atoms with Crippen LogP contribution in [0.1, 0.15) is 43.8 Å². The van der Waals surface area contributed by atoms with Crippen molar-refractivity contribution in [3.63, 3.8) is 0 Å². The summed E-state index contributed by atoms with van der Waals surface area (Å²) in [7, 11) is 2.12. The van der Waals surface area contributed by atoms with Crippen molar-refractivity contribution in [1.82, 2.24) is 19.7 Å². The fraction of sp³-hybridized carbons (Fsp3) is 0.333. The van der Waals surface area contributed by atoms with E-state index in [0.717, 1.165) is 5.82 Å². The van der Waals surface area contributed by atoms with Crippen molar-refractivity contribution in [2.45, 2.75) is 38.9 Å². The fourth-order valence-corrected chi connectivity index (χ4v) is 3.26. The summed E-state index contributed by atoms with van der Waals surface area (Å²) in [5.74, 6) is 0.909. The van der Waals surface area contributed by atoms with Crippen LogP contribution in [0.2, 0.25) is 0 Å². The Hall–Kier alpha value is -2.24. The van der Waals surface area contributed by atoms with Crippen molar-refractivity contribution in [3.05, 3.63) is 82.4 Å². The van der Waals surface area contributed by atoms with E-state index < -0.39 is 0 Å². The number of aromatic amines is 1. The predicted molar refractivity (Wildman–Crippen MR) is 109 cm³/mol. The van der Waals surface area contributed by atoms with Crippen LogP contribution in [-0.2, 0) is 12.1 Å². The largest absolute Gasteiger partial charge is 0.281 e. The lowest BCUT2D eigenvalue weighted by atomic mass is 9.96. The maximum atomic E-state index is 5.47. The first-order chi connectivity index (χ1) is 12.4. The lowest BCUT2D eigenvalue weighted by Crippen LogP contribution is -2.29. The highest BCUT2D eigenvalue weighted by atomic mass is 32.1. The first-order valence-electron chi connectivity index (χ1n) is 8.84. The summed E-state index contributed by atoms with van der Waals surface area (Å²) < 4.78 is 2.52. The van der Waals surface area contributed by atoms with Crippen molar-refractivity contribution in [3.8, 4) is 0 Å². The number of benzene rings is 2. The fourth-order valence-electron chi connectivity index (χ4n) is 3.06. The Balaban J connectivity index is 1.93. The van der Waals surface area contributed by atoms with E-state index in [1.54, 1.807) is 0 Å². The lowest BCUT2D eigenvalue weighted by molar-refractivity contribution is 0.207. The Bertz CT molecular complexity index is 852. The molecule has 0 spiro atoms. The van der Waals surface area contributed by atoms with Crippen LogP contribution in [0, 0.1) is 4.77 Å². The van der Waals surface area contributed by atoms with Crippen LogP contribution in [-0.4, -0.2) is 26.7 Å². The van der Waals surface area contributed by atoms with E-state index >= 15 is 0 Å². The van der Waals surface area contributed by atoms with Crippen LogP contribution in [0.3, 0.4) is 0 Å². The van der Waals surface area contributed by atoms with Crippen LogP contribution < -0.4 is 0 Å². The first kappa shape index (κ1) is 18.5.